The number of carbonyl (C=O) groups excluding carboxylic acids is 2. The van der Waals surface area contributed by atoms with Crippen LogP contribution in [0.2, 0.25) is 0 Å². The number of phenols is 1. The molecule has 0 bridgehead atoms. The SMILES string of the molecule is Cc1c(O)ccc(NC(=O)c2csc(C3CCN(C(=O)NCCC4=CCCCC4)CC3)n2)c1C. The molecule has 0 spiro atoms. The Labute approximate surface area is 205 Å². The number of benzene rings is 1. The zero-order valence-electron chi connectivity index (χ0n) is 20.0. The summed E-state index contributed by atoms with van der Waals surface area (Å²) in [7, 11) is 0. The second-order valence-electron chi connectivity index (χ2n) is 9.26. The smallest absolute Gasteiger partial charge is 0.317 e. The number of aromatic nitrogens is 1. The molecule has 1 fully saturated rings. The third-order valence-corrected chi connectivity index (χ3v) is 8.01. The molecule has 3 amide bonds. The molecular weight excluding hydrogens is 448 g/mol. The second kappa shape index (κ2) is 11.0. The van der Waals surface area contributed by atoms with Crippen LogP contribution in [0.3, 0.4) is 0 Å². The highest BCUT2D eigenvalue weighted by atomic mass is 32.1. The molecule has 1 aromatic carbocycles. The molecule has 0 radical (unpaired) electrons. The van der Waals surface area contributed by atoms with E-state index in [2.05, 4.69) is 21.7 Å². The highest BCUT2D eigenvalue weighted by Crippen LogP contribution is 2.31. The summed E-state index contributed by atoms with van der Waals surface area (Å²) in [5.41, 5.74) is 4.14. The van der Waals surface area contributed by atoms with Crippen molar-refractivity contribution in [3.8, 4) is 5.75 Å². The Morgan fingerprint density at radius 2 is 1.97 bits per heavy atom. The van der Waals surface area contributed by atoms with Gasteiger partial charge in [-0.3, -0.25) is 4.79 Å². The highest BCUT2D eigenvalue weighted by Gasteiger charge is 2.26. The van der Waals surface area contributed by atoms with E-state index in [4.69, 9.17) is 0 Å². The number of likely N-dealkylation sites (tertiary alicyclic amines) is 1. The lowest BCUT2D eigenvalue weighted by atomic mass is 9.97. The molecule has 0 saturated carbocycles. The summed E-state index contributed by atoms with van der Waals surface area (Å²) < 4.78 is 0. The van der Waals surface area contributed by atoms with Gasteiger partial charge in [-0.1, -0.05) is 11.6 Å². The Bertz CT molecular complexity index is 1070. The van der Waals surface area contributed by atoms with Gasteiger partial charge in [0.25, 0.3) is 5.91 Å². The zero-order chi connectivity index (χ0) is 24.1. The van der Waals surface area contributed by atoms with Crippen molar-refractivity contribution in [3.63, 3.8) is 0 Å². The number of hydrogen-bond donors (Lipinski definition) is 3. The Kier molecular flexibility index (Phi) is 7.88. The fourth-order valence-corrected chi connectivity index (χ4v) is 5.58. The van der Waals surface area contributed by atoms with E-state index >= 15 is 0 Å². The van der Waals surface area contributed by atoms with Crippen LogP contribution in [0, 0.1) is 13.8 Å². The van der Waals surface area contributed by atoms with E-state index in [0.29, 0.717) is 31.0 Å². The molecule has 1 aromatic heterocycles. The number of rotatable bonds is 6. The lowest BCUT2D eigenvalue weighted by Crippen LogP contribution is -2.44. The topological polar surface area (TPSA) is 94.6 Å². The predicted octanol–water partition coefficient (Wildman–Crippen LogP) is 5.50. The molecule has 3 N–H and O–H groups in total. The minimum absolute atomic E-state index is 0.0219. The first kappa shape index (κ1) is 24.3. The molecular formula is C26H34N4O3S. The van der Waals surface area contributed by atoms with Gasteiger partial charge < -0.3 is 20.6 Å². The van der Waals surface area contributed by atoms with Crippen molar-refractivity contribution in [1.82, 2.24) is 15.2 Å². The first-order chi connectivity index (χ1) is 16.4. The number of hydrogen-bond acceptors (Lipinski definition) is 5. The normalized spacial score (nSPS) is 16.8. The molecule has 34 heavy (non-hydrogen) atoms. The van der Waals surface area contributed by atoms with Crippen LogP contribution in [-0.4, -0.2) is 46.6 Å². The average molecular weight is 483 g/mol. The average Bonchev–Trinajstić information content (AvgIpc) is 3.36. The second-order valence-corrected chi connectivity index (χ2v) is 10.1. The van der Waals surface area contributed by atoms with Crippen molar-refractivity contribution in [2.75, 3.05) is 25.0 Å². The minimum Gasteiger partial charge on any atom is -0.508 e. The molecule has 2 aliphatic rings. The van der Waals surface area contributed by atoms with Crippen LogP contribution in [0.5, 0.6) is 5.75 Å². The maximum absolute atomic E-state index is 12.7. The Balaban J connectivity index is 1.25. The van der Waals surface area contributed by atoms with E-state index in [0.717, 1.165) is 35.4 Å². The van der Waals surface area contributed by atoms with E-state index in [1.165, 1.54) is 42.6 Å². The number of nitrogens with one attached hydrogen (secondary N) is 2. The molecule has 2 heterocycles. The quantitative estimate of drug-likeness (QED) is 0.374. The third-order valence-electron chi connectivity index (χ3n) is 7.00. The van der Waals surface area contributed by atoms with Crippen LogP contribution in [0.25, 0.3) is 0 Å². The standard InChI is InChI=1S/C26H34N4O3S/c1-17-18(2)23(31)9-8-21(17)28-24(32)22-16-34-25(29-22)20-11-14-30(15-12-20)26(33)27-13-10-19-6-4-3-5-7-19/h6,8-9,16,20,31H,3-5,7,10-15H2,1-2H3,(H,27,33)(H,28,32). The largest absolute Gasteiger partial charge is 0.508 e. The lowest BCUT2D eigenvalue weighted by Gasteiger charge is -2.31. The predicted molar refractivity (Wildman–Crippen MR) is 136 cm³/mol. The molecule has 0 unspecified atom stereocenters. The maximum Gasteiger partial charge on any atom is 0.317 e. The van der Waals surface area contributed by atoms with E-state index in [1.807, 2.05) is 18.7 Å². The number of anilines is 1. The van der Waals surface area contributed by atoms with Crippen LogP contribution in [0.15, 0.2) is 29.2 Å². The van der Waals surface area contributed by atoms with Gasteiger partial charge in [0.15, 0.2) is 0 Å². The molecule has 1 saturated heterocycles. The maximum atomic E-state index is 12.7. The van der Waals surface area contributed by atoms with Crippen molar-refractivity contribution in [2.24, 2.45) is 0 Å². The van der Waals surface area contributed by atoms with E-state index in [9.17, 15) is 14.7 Å². The molecule has 8 heteroatoms. The third kappa shape index (κ3) is 5.78. The number of carbonyl (C=O) groups is 2. The van der Waals surface area contributed by atoms with Crippen molar-refractivity contribution < 1.29 is 14.7 Å². The summed E-state index contributed by atoms with van der Waals surface area (Å²) in [6.45, 7) is 5.80. The fraction of sp³-hybridized carbons (Fsp3) is 0.500. The Hall–Kier alpha value is -2.87. The van der Waals surface area contributed by atoms with Gasteiger partial charge in [-0.15, -0.1) is 11.3 Å². The van der Waals surface area contributed by atoms with Gasteiger partial charge in [0.1, 0.15) is 11.4 Å². The number of amides is 3. The lowest BCUT2D eigenvalue weighted by molar-refractivity contribution is 0.102. The number of aromatic hydroxyl groups is 1. The van der Waals surface area contributed by atoms with Gasteiger partial charge in [-0.25, -0.2) is 9.78 Å². The Morgan fingerprint density at radius 3 is 2.71 bits per heavy atom. The van der Waals surface area contributed by atoms with Gasteiger partial charge in [-0.2, -0.15) is 0 Å². The summed E-state index contributed by atoms with van der Waals surface area (Å²) >= 11 is 1.51. The number of urea groups is 1. The molecule has 2 aromatic rings. The van der Waals surface area contributed by atoms with E-state index < -0.39 is 0 Å². The van der Waals surface area contributed by atoms with Crippen molar-refractivity contribution in [2.45, 2.75) is 64.7 Å². The van der Waals surface area contributed by atoms with Gasteiger partial charge >= 0.3 is 6.03 Å². The summed E-state index contributed by atoms with van der Waals surface area (Å²) in [4.78, 5) is 31.8. The minimum atomic E-state index is -0.249. The van der Waals surface area contributed by atoms with Crippen molar-refractivity contribution in [1.29, 1.82) is 0 Å². The molecule has 4 rings (SSSR count). The van der Waals surface area contributed by atoms with Crippen LogP contribution >= 0.6 is 11.3 Å². The zero-order valence-corrected chi connectivity index (χ0v) is 20.8. The van der Waals surface area contributed by atoms with Crippen LogP contribution in [0.4, 0.5) is 10.5 Å². The number of nitrogens with zero attached hydrogens (tertiary/aromatic N) is 2. The fourth-order valence-electron chi connectivity index (χ4n) is 4.61. The first-order valence-corrected chi connectivity index (χ1v) is 13.1. The summed E-state index contributed by atoms with van der Waals surface area (Å²) in [5.74, 6) is 0.231. The first-order valence-electron chi connectivity index (χ1n) is 12.2. The summed E-state index contributed by atoms with van der Waals surface area (Å²) in [6, 6.07) is 3.31. The molecule has 7 nitrogen and oxygen atoms in total. The van der Waals surface area contributed by atoms with E-state index in [-0.39, 0.29) is 23.6 Å². The van der Waals surface area contributed by atoms with Gasteiger partial charge in [-0.05, 0) is 82.1 Å². The van der Waals surface area contributed by atoms with Crippen LogP contribution in [-0.2, 0) is 0 Å². The number of piperidine rings is 1. The van der Waals surface area contributed by atoms with Crippen molar-refractivity contribution >= 4 is 29.0 Å². The van der Waals surface area contributed by atoms with Crippen molar-refractivity contribution in [3.05, 3.63) is 51.0 Å². The highest BCUT2D eigenvalue weighted by molar-refractivity contribution is 7.10. The van der Waals surface area contributed by atoms with Gasteiger partial charge in [0, 0.05) is 36.6 Å². The summed E-state index contributed by atoms with van der Waals surface area (Å²) in [6.07, 6.45) is 9.88. The number of thiazole rings is 1. The number of allylic oxidation sites excluding steroid dienone is 1. The molecule has 1 aliphatic heterocycles. The van der Waals surface area contributed by atoms with Crippen LogP contribution < -0.4 is 10.6 Å². The molecule has 182 valence electrons. The van der Waals surface area contributed by atoms with E-state index in [1.54, 1.807) is 17.5 Å². The summed E-state index contributed by atoms with van der Waals surface area (Å²) in [5, 5.41) is 18.5. The molecule has 0 atom stereocenters. The Morgan fingerprint density at radius 1 is 1.18 bits per heavy atom. The van der Waals surface area contributed by atoms with Gasteiger partial charge in [0.2, 0.25) is 0 Å². The monoisotopic (exact) mass is 482 g/mol. The van der Waals surface area contributed by atoms with Crippen LogP contribution in [0.1, 0.15) is 77.5 Å². The number of phenolic OH excluding ortho intramolecular Hbond substituents is 1. The van der Waals surface area contributed by atoms with Gasteiger partial charge in [0.05, 0.1) is 5.01 Å². The molecule has 1 aliphatic carbocycles.